The Kier molecular flexibility index (Phi) is 9.03. The van der Waals surface area contributed by atoms with Gasteiger partial charge >= 0.3 is 18.0 Å². The van der Waals surface area contributed by atoms with E-state index in [0.29, 0.717) is 61.1 Å². The number of hydrogen-bond acceptors (Lipinski definition) is 7. The van der Waals surface area contributed by atoms with Gasteiger partial charge in [0.2, 0.25) is 0 Å². The van der Waals surface area contributed by atoms with Crippen LogP contribution < -0.4 is 20.1 Å². The van der Waals surface area contributed by atoms with Crippen molar-refractivity contribution in [2.45, 2.75) is 32.9 Å². The Labute approximate surface area is 212 Å². The number of esters is 1. The van der Waals surface area contributed by atoms with Crippen LogP contribution in [-0.2, 0) is 9.53 Å². The number of nitrogens with zero attached hydrogens (tertiary/aromatic N) is 3. The number of urea groups is 2. The van der Waals surface area contributed by atoms with E-state index >= 15 is 0 Å². The molecule has 4 amide bonds. The van der Waals surface area contributed by atoms with Gasteiger partial charge in [0.25, 0.3) is 0 Å². The number of likely N-dealkylation sites (N-methyl/N-ethyl adjacent to an activating group) is 1. The van der Waals surface area contributed by atoms with E-state index in [4.69, 9.17) is 14.2 Å². The van der Waals surface area contributed by atoms with Crippen LogP contribution in [0.3, 0.4) is 0 Å². The number of nitrogens with one attached hydrogen (secondary N) is 2. The number of amides is 4. The minimum atomic E-state index is -0.746. The maximum atomic E-state index is 13.2. The molecule has 3 rings (SSSR count). The van der Waals surface area contributed by atoms with Gasteiger partial charge in [-0.25, -0.2) is 14.4 Å². The summed E-state index contributed by atoms with van der Waals surface area (Å²) in [7, 11) is 4.72. The van der Waals surface area contributed by atoms with E-state index in [0.717, 1.165) is 0 Å². The second-order valence-electron chi connectivity index (χ2n) is 9.04. The van der Waals surface area contributed by atoms with Crippen LogP contribution in [0.25, 0.3) is 0 Å². The Balaban J connectivity index is 1.93. The van der Waals surface area contributed by atoms with Gasteiger partial charge in [-0.05, 0) is 38.5 Å². The van der Waals surface area contributed by atoms with Gasteiger partial charge in [-0.15, -0.1) is 0 Å². The van der Waals surface area contributed by atoms with Gasteiger partial charge in [0, 0.05) is 57.6 Å². The Morgan fingerprint density at radius 1 is 1.08 bits per heavy atom. The number of benzene rings is 1. The fourth-order valence-corrected chi connectivity index (χ4v) is 4.30. The Morgan fingerprint density at radius 2 is 1.69 bits per heavy atom. The molecule has 0 spiro atoms. The monoisotopic (exact) mass is 503 g/mol. The molecule has 2 aliphatic heterocycles. The van der Waals surface area contributed by atoms with Crippen LogP contribution in [0.4, 0.5) is 9.59 Å². The van der Waals surface area contributed by atoms with Gasteiger partial charge in [-0.3, -0.25) is 9.80 Å². The molecular weight excluding hydrogens is 466 g/mol. The van der Waals surface area contributed by atoms with Crippen LogP contribution in [0.15, 0.2) is 29.5 Å². The molecule has 2 heterocycles. The van der Waals surface area contributed by atoms with Crippen molar-refractivity contribution in [1.29, 1.82) is 0 Å². The quantitative estimate of drug-likeness (QED) is 0.522. The summed E-state index contributed by atoms with van der Waals surface area (Å²) < 4.78 is 16.2. The van der Waals surface area contributed by atoms with Crippen molar-refractivity contribution in [2.24, 2.45) is 0 Å². The minimum absolute atomic E-state index is 0.0643. The topological polar surface area (TPSA) is 113 Å². The number of carbonyl (C=O) groups is 3. The van der Waals surface area contributed by atoms with Crippen molar-refractivity contribution in [2.75, 3.05) is 60.6 Å². The number of ether oxygens (including phenoxy) is 3. The van der Waals surface area contributed by atoms with Gasteiger partial charge in [0.1, 0.15) is 11.5 Å². The molecule has 11 nitrogen and oxygen atoms in total. The predicted molar refractivity (Wildman–Crippen MR) is 134 cm³/mol. The van der Waals surface area contributed by atoms with Crippen molar-refractivity contribution >= 4 is 18.0 Å². The Hall–Kier alpha value is -3.47. The first kappa shape index (κ1) is 27.1. The fourth-order valence-electron chi connectivity index (χ4n) is 4.30. The van der Waals surface area contributed by atoms with E-state index in [-0.39, 0.29) is 24.7 Å². The standard InChI is InChI=1S/C25H37N5O6/c1-7-36-23(31)21-20(15-29-8-10-30(11-9-29)25(33)26-16(2)3)28(4)24(32)27-22(21)17-12-18(34-5)14-19(13-17)35-6/h12-14,16,22H,7-11,15H2,1-6H3,(H,26,33)(H,27,32)/t22-/m0/s1. The van der Waals surface area contributed by atoms with Gasteiger partial charge < -0.3 is 29.7 Å². The lowest BCUT2D eigenvalue weighted by molar-refractivity contribution is -0.139. The molecule has 1 aromatic carbocycles. The van der Waals surface area contributed by atoms with Crippen molar-refractivity contribution in [3.63, 3.8) is 0 Å². The molecule has 0 saturated carbocycles. The molecule has 0 aromatic heterocycles. The van der Waals surface area contributed by atoms with Crippen LogP contribution in [-0.4, -0.2) is 99.4 Å². The van der Waals surface area contributed by atoms with Crippen molar-refractivity contribution in [3.05, 3.63) is 35.0 Å². The molecule has 0 radical (unpaired) electrons. The summed E-state index contributed by atoms with van der Waals surface area (Å²) in [6, 6.07) is 4.16. The molecule has 1 saturated heterocycles. The molecule has 0 bridgehead atoms. The molecule has 1 atom stereocenters. The second-order valence-corrected chi connectivity index (χ2v) is 9.04. The third-order valence-electron chi connectivity index (χ3n) is 6.22. The van der Waals surface area contributed by atoms with E-state index in [9.17, 15) is 14.4 Å². The second kappa shape index (κ2) is 12.0. The molecule has 2 aliphatic rings. The van der Waals surface area contributed by atoms with Crippen molar-refractivity contribution in [3.8, 4) is 11.5 Å². The molecule has 1 fully saturated rings. The van der Waals surface area contributed by atoms with E-state index in [1.807, 2.05) is 13.8 Å². The van der Waals surface area contributed by atoms with E-state index in [1.54, 1.807) is 51.3 Å². The van der Waals surface area contributed by atoms with Crippen LogP contribution >= 0.6 is 0 Å². The number of hydrogen-bond donors (Lipinski definition) is 2. The first-order chi connectivity index (χ1) is 17.2. The van der Waals surface area contributed by atoms with Gasteiger partial charge in [0.15, 0.2) is 0 Å². The summed E-state index contributed by atoms with van der Waals surface area (Å²) in [5.74, 6) is 0.581. The highest BCUT2D eigenvalue weighted by atomic mass is 16.5. The molecular formula is C25H37N5O6. The predicted octanol–water partition coefficient (Wildman–Crippen LogP) is 1.95. The summed E-state index contributed by atoms with van der Waals surface area (Å²) in [6.07, 6.45) is 0. The maximum Gasteiger partial charge on any atom is 0.338 e. The molecule has 2 N–H and O–H groups in total. The molecule has 198 valence electrons. The van der Waals surface area contributed by atoms with Crippen LogP contribution in [0.5, 0.6) is 11.5 Å². The lowest BCUT2D eigenvalue weighted by atomic mass is 9.93. The zero-order chi connectivity index (χ0) is 26.4. The SMILES string of the molecule is CCOC(=O)C1=C(CN2CCN(C(=O)NC(C)C)CC2)N(C)C(=O)N[C@H]1c1cc(OC)cc(OC)c1. The molecule has 0 unspecified atom stereocenters. The highest BCUT2D eigenvalue weighted by Gasteiger charge is 2.38. The molecule has 0 aliphatic carbocycles. The van der Waals surface area contributed by atoms with Gasteiger partial charge in [0.05, 0.1) is 32.4 Å². The largest absolute Gasteiger partial charge is 0.497 e. The average molecular weight is 504 g/mol. The first-order valence-electron chi connectivity index (χ1n) is 12.1. The average Bonchev–Trinajstić information content (AvgIpc) is 2.86. The number of piperazine rings is 1. The normalized spacial score (nSPS) is 18.8. The Bertz CT molecular complexity index is 980. The van der Waals surface area contributed by atoms with E-state index in [2.05, 4.69) is 15.5 Å². The fraction of sp³-hybridized carbons (Fsp3) is 0.560. The van der Waals surface area contributed by atoms with Crippen LogP contribution in [0, 0.1) is 0 Å². The number of methoxy groups -OCH3 is 2. The van der Waals surface area contributed by atoms with Crippen molar-refractivity contribution in [1.82, 2.24) is 25.3 Å². The summed E-state index contributed by atoms with van der Waals surface area (Å²) in [5.41, 5.74) is 1.56. The molecule has 36 heavy (non-hydrogen) atoms. The van der Waals surface area contributed by atoms with Gasteiger partial charge in [-0.1, -0.05) is 0 Å². The van der Waals surface area contributed by atoms with E-state index in [1.165, 1.54) is 4.90 Å². The number of carbonyl (C=O) groups excluding carboxylic acids is 3. The summed E-state index contributed by atoms with van der Waals surface area (Å²) in [6.45, 7) is 8.47. The maximum absolute atomic E-state index is 13.2. The molecule has 11 heteroatoms. The third-order valence-corrected chi connectivity index (χ3v) is 6.22. The van der Waals surface area contributed by atoms with Crippen LogP contribution in [0.2, 0.25) is 0 Å². The van der Waals surface area contributed by atoms with Crippen LogP contribution in [0.1, 0.15) is 32.4 Å². The van der Waals surface area contributed by atoms with E-state index < -0.39 is 12.0 Å². The lowest BCUT2D eigenvalue weighted by Gasteiger charge is -2.39. The summed E-state index contributed by atoms with van der Waals surface area (Å²) in [4.78, 5) is 44.0. The zero-order valence-corrected chi connectivity index (χ0v) is 21.9. The smallest absolute Gasteiger partial charge is 0.338 e. The summed E-state index contributed by atoms with van der Waals surface area (Å²) >= 11 is 0. The Morgan fingerprint density at radius 3 is 2.22 bits per heavy atom. The number of rotatable bonds is 8. The molecule has 1 aromatic rings. The highest BCUT2D eigenvalue weighted by Crippen LogP contribution is 2.35. The lowest BCUT2D eigenvalue weighted by Crippen LogP contribution is -2.55. The minimum Gasteiger partial charge on any atom is -0.497 e. The highest BCUT2D eigenvalue weighted by molar-refractivity contribution is 5.95. The third kappa shape index (κ3) is 6.20. The zero-order valence-electron chi connectivity index (χ0n) is 21.9. The van der Waals surface area contributed by atoms with Crippen molar-refractivity contribution < 1.29 is 28.6 Å². The first-order valence-corrected chi connectivity index (χ1v) is 12.1. The summed E-state index contributed by atoms with van der Waals surface area (Å²) in [5, 5.41) is 5.84. The van der Waals surface area contributed by atoms with Gasteiger partial charge in [-0.2, -0.15) is 0 Å².